The van der Waals surface area contributed by atoms with Crippen molar-refractivity contribution in [2.24, 2.45) is 0 Å². The molecular formula is C77H84Cl2N4O8P4. The van der Waals surface area contributed by atoms with Crippen LogP contribution in [0, 0.1) is 6.92 Å². The number of para-hydroxylation sites is 1. The molecule has 12 nitrogen and oxygen atoms in total. The molecule has 4 amide bonds. The Kier molecular flexibility index (Phi) is 26.0. The van der Waals surface area contributed by atoms with Gasteiger partial charge in [0.1, 0.15) is 0 Å². The lowest BCUT2D eigenvalue weighted by Crippen LogP contribution is -2.03. The van der Waals surface area contributed by atoms with Gasteiger partial charge in [0, 0.05) is 95.8 Å². The molecule has 494 valence electrons. The lowest BCUT2D eigenvalue weighted by Gasteiger charge is -2.16. The van der Waals surface area contributed by atoms with E-state index in [0.29, 0.717) is 50.9 Å². The van der Waals surface area contributed by atoms with Gasteiger partial charge in [-0.25, -0.2) is 0 Å². The molecule has 0 saturated carbocycles. The van der Waals surface area contributed by atoms with Crippen LogP contribution in [0.5, 0.6) is 0 Å². The van der Waals surface area contributed by atoms with Gasteiger partial charge in [0.2, 0.25) is 0 Å². The van der Waals surface area contributed by atoms with Crippen molar-refractivity contribution in [1.82, 2.24) is 0 Å². The molecule has 8 aromatic rings. The summed E-state index contributed by atoms with van der Waals surface area (Å²) >= 11 is 11.8. The third kappa shape index (κ3) is 22.1. The third-order valence-electron chi connectivity index (χ3n) is 14.8. The van der Waals surface area contributed by atoms with Crippen molar-refractivity contribution in [3.8, 4) is 0 Å². The molecule has 1 unspecified atom stereocenters. The Morgan fingerprint density at radius 1 is 0.358 bits per heavy atom. The van der Waals surface area contributed by atoms with Crippen molar-refractivity contribution in [3.63, 3.8) is 0 Å². The minimum atomic E-state index is -2.55. The maximum Gasteiger partial charge on any atom is 0.256 e. The molecule has 4 aliphatic rings. The zero-order valence-electron chi connectivity index (χ0n) is 56.0. The lowest BCUT2D eigenvalue weighted by molar-refractivity contribution is -0.111. The highest BCUT2D eigenvalue weighted by atomic mass is 35.5. The number of amides is 4. The van der Waals surface area contributed by atoms with E-state index in [1.54, 1.807) is 70.9 Å². The number of hydrogen-bond acceptors (Lipinski definition) is 8. The number of carbonyl (C=O) groups excluding carboxylic acids is 4. The van der Waals surface area contributed by atoms with Crippen LogP contribution in [0.3, 0.4) is 0 Å². The number of hydrogen-bond donors (Lipinski definition) is 4. The van der Waals surface area contributed by atoms with Crippen molar-refractivity contribution in [2.75, 3.05) is 80.0 Å². The number of benzene rings is 8. The van der Waals surface area contributed by atoms with Crippen LogP contribution >= 0.6 is 51.8 Å². The molecule has 95 heavy (non-hydrogen) atoms. The Morgan fingerprint density at radius 3 is 1.09 bits per heavy atom. The normalized spacial score (nSPS) is 15.6. The largest absolute Gasteiger partial charge is 0.324 e. The van der Waals surface area contributed by atoms with Gasteiger partial charge < -0.3 is 39.5 Å². The SMILES string of the molecule is CC.CC.CP(C)(=O)CCc1ccc2c(c1)NC(=O)/C2=C\c1ccc(Cl)cc1.CP(C)(=O)CP(C)(=O)Cc1ccc2c(c1)NC(=O)/C2=C\c1ccc(Cl)cc1.Cc1ccc(/C=C2\C(=O)Nc3cc(CP(C)(C)=O)ccc32)cc1.O=C1Nc2ccccc2/C1=C/c1ccccc1. The van der Waals surface area contributed by atoms with Crippen LogP contribution in [-0.2, 0) is 56.2 Å². The van der Waals surface area contributed by atoms with Gasteiger partial charge in [-0.1, -0.05) is 190 Å². The number of anilines is 4. The van der Waals surface area contributed by atoms with Crippen molar-refractivity contribution in [2.45, 2.75) is 53.4 Å². The number of aryl methyl sites for hydroxylation is 2. The topological polar surface area (TPSA) is 185 Å². The van der Waals surface area contributed by atoms with E-state index in [2.05, 4.69) is 21.3 Å². The predicted octanol–water partition coefficient (Wildman–Crippen LogP) is 20.7. The van der Waals surface area contributed by atoms with E-state index in [0.717, 1.165) is 90.3 Å². The van der Waals surface area contributed by atoms with Crippen LogP contribution in [0.25, 0.3) is 46.6 Å². The maximum absolute atomic E-state index is 12.8. The average molecular weight is 1390 g/mol. The molecule has 4 N–H and O–H groups in total. The molecule has 12 rings (SSSR count). The molecule has 0 fully saturated rings. The van der Waals surface area contributed by atoms with Crippen LogP contribution in [0.4, 0.5) is 22.7 Å². The van der Waals surface area contributed by atoms with Gasteiger partial charge in [0.15, 0.2) is 0 Å². The zero-order valence-corrected chi connectivity index (χ0v) is 61.1. The first-order chi connectivity index (χ1) is 45.0. The summed E-state index contributed by atoms with van der Waals surface area (Å²) in [5, 5.41) is 12.9. The highest BCUT2D eigenvalue weighted by Gasteiger charge is 2.29. The molecule has 0 aromatic heterocycles. The van der Waals surface area contributed by atoms with E-state index in [1.165, 1.54) is 5.56 Å². The highest BCUT2D eigenvalue weighted by molar-refractivity contribution is 7.79. The maximum atomic E-state index is 12.8. The molecule has 4 heterocycles. The van der Waals surface area contributed by atoms with Crippen molar-refractivity contribution < 1.29 is 37.4 Å². The fourth-order valence-corrected chi connectivity index (χ4v) is 20.0. The molecule has 18 heteroatoms. The van der Waals surface area contributed by atoms with Gasteiger partial charge in [-0.3, -0.25) is 19.2 Å². The third-order valence-corrected chi connectivity index (χ3v) is 23.9. The lowest BCUT2D eigenvalue weighted by atomic mass is 10.0. The smallest absolute Gasteiger partial charge is 0.256 e. The Balaban J connectivity index is 0.000000177. The average Bonchev–Trinajstić information content (AvgIpc) is 1.71. The quantitative estimate of drug-likeness (QED) is 0.0649. The van der Waals surface area contributed by atoms with Crippen LogP contribution < -0.4 is 21.3 Å². The van der Waals surface area contributed by atoms with E-state index in [-0.39, 0.29) is 29.5 Å². The van der Waals surface area contributed by atoms with Crippen molar-refractivity contribution >= 4 is 145 Å². The molecule has 0 aliphatic carbocycles. The molecule has 4 aliphatic heterocycles. The van der Waals surface area contributed by atoms with Gasteiger partial charge in [0.05, 0.1) is 34.5 Å². The van der Waals surface area contributed by atoms with Crippen LogP contribution in [-0.4, -0.2) is 82.3 Å². The fourth-order valence-electron chi connectivity index (χ4n) is 10.8. The monoisotopic (exact) mass is 1390 g/mol. The van der Waals surface area contributed by atoms with E-state index < -0.39 is 28.6 Å². The van der Waals surface area contributed by atoms with Gasteiger partial charge in [-0.15, -0.1) is 0 Å². The van der Waals surface area contributed by atoms with E-state index in [9.17, 15) is 37.4 Å². The number of carbonyl (C=O) groups is 4. The minimum Gasteiger partial charge on any atom is -0.324 e. The first-order valence-electron chi connectivity index (χ1n) is 31.4. The molecule has 0 radical (unpaired) electrons. The summed E-state index contributed by atoms with van der Waals surface area (Å²) < 4.78 is 48.7. The summed E-state index contributed by atoms with van der Waals surface area (Å²) in [6, 6.07) is 57.7. The summed E-state index contributed by atoms with van der Waals surface area (Å²) in [5.74, 6) is -0.133. The Bertz CT molecular complexity index is 4470. The number of fused-ring (bicyclic) bond motifs is 4. The van der Waals surface area contributed by atoms with Gasteiger partial charge in [-0.2, -0.15) is 0 Å². The molecule has 1 atom stereocenters. The van der Waals surface area contributed by atoms with Crippen molar-refractivity contribution in [1.29, 1.82) is 0 Å². The molecule has 0 spiro atoms. The van der Waals surface area contributed by atoms with Gasteiger partial charge >= 0.3 is 0 Å². The van der Waals surface area contributed by atoms with Gasteiger partial charge in [0.25, 0.3) is 23.6 Å². The number of rotatable bonds is 13. The minimum absolute atomic E-state index is 0.0324. The van der Waals surface area contributed by atoms with E-state index >= 15 is 0 Å². The summed E-state index contributed by atoms with van der Waals surface area (Å²) in [6.07, 6.45) is 9.86. The predicted molar refractivity (Wildman–Crippen MR) is 408 cm³/mol. The second-order valence-electron chi connectivity index (χ2n) is 24.6. The number of halogens is 2. The van der Waals surface area contributed by atoms with Crippen LogP contribution in [0.2, 0.25) is 10.0 Å². The second kappa shape index (κ2) is 33.2. The Morgan fingerprint density at radius 2 is 0.695 bits per heavy atom. The Labute approximate surface area is 570 Å². The molecule has 8 aromatic carbocycles. The Hall–Kier alpha value is -7.90. The number of nitrogens with one attached hydrogen (secondary N) is 4. The summed E-state index contributed by atoms with van der Waals surface area (Å²) in [4.78, 5) is 48.8. The fraction of sp³-hybridized carbons (Fsp3) is 0.221. The summed E-state index contributed by atoms with van der Waals surface area (Å²) in [7, 11) is -9.07. The van der Waals surface area contributed by atoms with Crippen LogP contribution in [0.15, 0.2) is 182 Å². The van der Waals surface area contributed by atoms with Crippen LogP contribution in [0.1, 0.15) is 94.5 Å². The second-order valence-corrected chi connectivity index (χ2v) is 39.7. The summed E-state index contributed by atoms with van der Waals surface area (Å²) in [5.41, 5.74) is 17.5. The zero-order chi connectivity index (χ0) is 69.4. The first kappa shape index (κ1) is 74.5. The van der Waals surface area contributed by atoms with Gasteiger partial charge in [-0.05, 0) is 172 Å². The first-order valence-corrected chi connectivity index (χ1v) is 43.1. The van der Waals surface area contributed by atoms with Crippen molar-refractivity contribution in [3.05, 3.63) is 259 Å². The summed E-state index contributed by atoms with van der Waals surface area (Å²) in [6.45, 7) is 22.2. The molecule has 0 bridgehead atoms. The van der Waals surface area contributed by atoms with E-state index in [4.69, 9.17) is 23.2 Å². The standard InChI is InChI=1S/C20H22ClNO3P2.C19H19ClNO2P.C19H20NO2P.C15H11NO.2C2H6/c1-26(2,24)13-27(3,25)12-15-6-9-17-18(20(23)22-19(17)11-15)10-14-4-7-16(21)8-5-14;1-24(2,23)10-9-14-5-8-16-17(19(22)21-18(16)12-14)11-13-3-6-15(20)7-4-13;1-13-4-6-14(7-5-13)10-17-16-9-8-15(12-23(2,3)22)11-18(16)20-19(17)21;17-15-13(10-11-6-2-1-3-7-11)12-8-4-5-9-14(12)16-15;2*1-2/h4-11H,12-13H2,1-3H3,(H,22,23);3-8,11-12H,9-10H2,1-2H3,(H,21,22);4-11H,12H2,1-3H3,(H,20,21);1-10H,(H,16,17);2*1-2H3/b18-10-;17-11-;17-10-;13-10-;;. The molecule has 0 saturated heterocycles. The molecular weight excluding hydrogens is 1300 g/mol. The van der Waals surface area contributed by atoms with E-state index in [1.807, 2.05) is 217 Å². The highest BCUT2D eigenvalue weighted by Crippen LogP contribution is 2.58.